The van der Waals surface area contributed by atoms with Crippen LogP contribution < -0.4 is 0 Å². The maximum atomic E-state index is 16.4. The minimum atomic E-state index is -2.74. The van der Waals surface area contributed by atoms with Gasteiger partial charge in [-0.2, -0.15) is 0 Å². The van der Waals surface area contributed by atoms with E-state index in [0.29, 0.717) is 19.9 Å². The Bertz CT molecular complexity index is 4100. The van der Waals surface area contributed by atoms with Crippen molar-refractivity contribution in [2.45, 2.75) is 0 Å². The minimum Gasteiger partial charge on any atom is -0.302 e. The summed E-state index contributed by atoms with van der Waals surface area (Å²) in [5.74, 6) is -46.7. The van der Waals surface area contributed by atoms with Crippen LogP contribution >= 0.6 is 0 Å². The van der Waals surface area contributed by atoms with Gasteiger partial charge < -0.3 is 9.13 Å². The van der Waals surface area contributed by atoms with Crippen molar-refractivity contribution in [1.29, 1.82) is 0 Å². The fourth-order valence-electron chi connectivity index (χ4n) is 9.77. The van der Waals surface area contributed by atoms with E-state index in [-0.39, 0.29) is 65.4 Å². The number of benzene rings is 8. The van der Waals surface area contributed by atoms with Gasteiger partial charge in [-0.15, -0.1) is 0 Å². The Kier molecular flexibility index (Phi) is 9.29. The molecule has 0 aliphatic heterocycles. The van der Waals surface area contributed by atoms with E-state index in [1.54, 1.807) is 0 Å². The van der Waals surface area contributed by atoms with Crippen LogP contribution in [0.3, 0.4) is 0 Å². The van der Waals surface area contributed by atoms with Crippen LogP contribution in [0.5, 0.6) is 0 Å². The molecule has 0 radical (unpaired) electrons. The van der Waals surface area contributed by atoms with E-state index in [1.165, 1.54) is 73.1 Å². The largest absolute Gasteiger partial charge is 0.302 e. The Hall–Kier alpha value is -8.56. The molecule has 0 amide bonds. The molecular weight excluding hydrogens is 999 g/mol. The first kappa shape index (κ1) is 44.6. The quantitative estimate of drug-likeness (QED) is 0.0762. The summed E-state index contributed by atoms with van der Waals surface area (Å²) in [4.78, 5) is 8.70. The van der Waals surface area contributed by atoms with Crippen molar-refractivity contribution in [2.24, 2.45) is 0 Å². The lowest BCUT2D eigenvalue weighted by Crippen LogP contribution is -2.12. The van der Waals surface area contributed by atoms with Crippen LogP contribution in [-0.4, -0.2) is 19.1 Å². The van der Waals surface area contributed by atoms with Gasteiger partial charge in [-0.05, 0) is 68.7 Å². The predicted octanol–water partition coefficient (Wildman–Crippen LogP) is 15.4. The third-order valence-corrected chi connectivity index (χ3v) is 12.7. The minimum absolute atomic E-state index is 0.0561. The number of pyridine rings is 2. The number of hydrogen-bond donors (Lipinski definition) is 0. The van der Waals surface area contributed by atoms with Crippen LogP contribution in [0.4, 0.5) is 79.0 Å². The monoisotopic (exact) mass is 1010 g/mol. The van der Waals surface area contributed by atoms with E-state index in [9.17, 15) is 43.9 Å². The number of rotatable bonds is 4. The van der Waals surface area contributed by atoms with Gasteiger partial charge in [-0.25, -0.2) is 79.0 Å². The highest BCUT2D eigenvalue weighted by molar-refractivity contribution is 6.37. The molecule has 0 atom stereocenters. The van der Waals surface area contributed by atoms with Gasteiger partial charge in [-0.1, -0.05) is 24.3 Å². The fraction of sp³-hybridized carbons (Fsp3) is 0. The third kappa shape index (κ3) is 5.42. The van der Waals surface area contributed by atoms with Gasteiger partial charge in [0.1, 0.15) is 11.4 Å². The summed E-state index contributed by atoms with van der Waals surface area (Å²) in [6, 6.07) is 13.3. The van der Waals surface area contributed by atoms with Crippen molar-refractivity contribution in [1.82, 2.24) is 19.1 Å². The van der Waals surface area contributed by atoms with Gasteiger partial charge in [0.2, 0.25) is 11.6 Å². The maximum absolute atomic E-state index is 16.4. The first-order valence-corrected chi connectivity index (χ1v) is 20.3. The maximum Gasteiger partial charge on any atom is 0.200 e. The SMILES string of the molecule is Fc1c(F)c(F)c(-c2c(F)c(F)c(-n3c4cccnc4c4c5ccc6cc7c(c8ccc(cc43)c5c68)c3ncccc3n7-c3c(F)c(F)c(-c4c(F)c(F)c(F)c(F)c4F)c(F)c3F)c(F)c2F)c(F)c1F. The van der Waals surface area contributed by atoms with Gasteiger partial charge in [-0.3, -0.25) is 9.97 Å². The van der Waals surface area contributed by atoms with Crippen LogP contribution in [0.25, 0.3) is 110 Å². The van der Waals surface area contributed by atoms with Crippen molar-refractivity contribution in [2.75, 3.05) is 0 Å². The van der Waals surface area contributed by atoms with E-state index >= 15 is 35.1 Å². The molecule has 0 aliphatic carbocycles. The van der Waals surface area contributed by atoms with Crippen LogP contribution in [0.1, 0.15) is 0 Å². The van der Waals surface area contributed by atoms with Crippen molar-refractivity contribution >= 4 is 76.2 Å². The molecule has 12 rings (SSSR count). The van der Waals surface area contributed by atoms with Gasteiger partial charge in [0.15, 0.2) is 93.1 Å². The molecule has 0 aliphatic rings. The van der Waals surface area contributed by atoms with Crippen molar-refractivity contribution in [3.63, 3.8) is 0 Å². The number of fused-ring (bicyclic) bond motifs is 8. The van der Waals surface area contributed by atoms with E-state index in [1.807, 2.05) is 0 Å². The molecule has 4 heterocycles. The predicted molar refractivity (Wildman–Crippen MR) is 225 cm³/mol. The Morgan fingerprint density at radius 2 is 0.556 bits per heavy atom. The second-order valence-corrected chi connectivity index (χ2v) is 16.2. The molecule has 0 fully saturated rings. The third-order valence-electron chi connectivity index (χ3n) is 12.7. The molecule has 0 saturated carbocycles. The number of aromatic nitrogens is 4. The lowest BCUT2D eigenvalue weighted by Gasteiger charge is -2.17. The first-order chi connectivity index (χ1) is 34.3. The molecule has 0 N–H and O–H groups in total. The van der Waals surface area contributed by atoms with E-state index in [2.05, 4.69) is 9.97 Å². The number of halogens is 18. The lowest BCUT2D eigenvalue weighted by molar-refractivity contribution is 0.379. The zero-order valence-electron chi connectivity index (χ0n) is 34.5. The Morgan fingerprint density at radius 1 is 0.278 bits per heavy atom. The van der Waals surface area contributed by atoms with Crippen LogP contribution in [0, 0.1) is 105 Å². The number of hydrogen-bond acceptors (Lipinski definition) is 2. The second-order valence-electron chi connectivity index (χ2n) is 16.2. The average molecular weight is 1010 g/mol. The van der Waals surface area contributed by atoms with Crippen molar-refractivity contribution in [3.05, 3.63) is 178 Å². The van der Waals surface area contributed by atoms with Gasteiger partial charge in [0.05, 0.1) is 55.4 Å². The van der Waals surface area contributed by atoms with E-state index < -0.39 is 138 Å². The second kappa shape index (κ2) is 15.0. The van der Waals surface area contributed by atoms with Crippen LogP contribution in [-0.2, 0) is 0 Å². The molecule has 4 aromatic heterocycles. The van der Waals surface area contributed by atoms with Crippen LogP contribution in [0.15, 0.2) is 73.1 Å². The summed E-state index contributed by atoms with van der Waals surface area (Å²) in [7, 11) is 0. The smallest absolute Gasteiger partial charge is 0.200 e. The highest BCUT2D eigenvalue weighted by Crippen LogP contribution is 2.49. The Labute approximate surface area is 385 Å². The molecule has 0 bridgehead atoms. The molecule has 72 heavy (non-hydrogen) atoms. The zero-order chi connectivity index (χ0) is 51.0. The van der Waals surface area contributed by atoms with Crippen LogP contribution in [0.2, 0.25) is 0 Å². The zero-order valence-corrected chi connectivity index (χ0v) is 34.5. The highest BCUT2D eigenvalue weighted by atomic mass is 19.2. The Morgan fingerprint density at radius 3 is 0.861 bits per heavy atom. The molecular formula is C50H12F18N4. The molecule has 4 nitrogen and oxygen atoms in total. The van der Waals surface area contributed by atoms with Crippen molar-refractivity contribution < 1.29 is 79.0 Å². The molecule has 22 heteroatoms. The van der Waals surface area contributed by atoms with Crippen molar-refractivity contribution in [3.8, 4) is 33.6 Å². The first-order valence-electron chi connectivity index (χ1n) is 20.3. The summed E-state index contributed by atoms with van der Waals surface area (Å²) >= 11 is 0. The average Bonchev–Trinajstić information content (AvgIpc) is 3.88. The Balaban J connectivity index is 1.13. The molecule has 12 aromatic rings. The summed E-state index contributed by atoms with van der Waals surface area (Å²) in [6.07, 6.45) is 2.49. The van der Waals surface area contributed by atoms with Gasteiger partial charge >= 0.3 is 0 Å². The molecule has 358 valence electrons. The molecule has 8 aromatic carbocycles. The van der Waals surface area contributed by atoms with E-state index in [4.69, 9.17) is 0 Å². The fourth-order valence-corrected chi connectivity index (χ4v) is 9.77. The number of nitrogens with zero attached hydrogens (tertiary/aromatic N) is 4. The summed E-state index contributed by atoms with van der Waals surface area (Å²) < 4.78 is 275. The highest BCUT2D eigenvalue weighted by Gasteiger charge is 2.38. The summed E-state index contributed by atoms with van der Waals surface area (Å²) in [5.41, 5.74) is -13.1. The van der Waals surface area contributed by atoms with E-state index in [0.717, 1.165) is 0 Å². The summed E-state index contributed by atoms with van der Waals surface area (Å²) in [6.45, 7) is 0. The molecule has 0 spiro atoms. The molecule has 0 saturated heterocycles. The molecule has 0 unspecified atom stereocenters. The lowest BCUT2D eigenvalue weighted by atomic mass is 9.90. The summed E-state index contributed by atoms with van der Waals surface area (Å²) in [5, 5.41) is 1.68. The topological polar surface area (TPSA) is 35.6 Å². The normalized spacial score (nSPS) is 12.3. The standard InChI is InChI=1S/C50H12F18N4/c51-29-25(30(52)38(60)41(63)37(29)59)27-33(55)43(65)49(44(66)34(27)56)71-17-3-1-9-69-47(17)23-15-7-5-14-12-20-24(16-8-6-13(11-19(23)71)21(15)22(14)16)48-18(4-2-10-70-48)72(20)50-45(67)35(57)28(36(58)46(50)68)26-31(53)39(61)42(64)40(62)32(26)54/h1-12H. The van der Waals surface area contributed by atoms with Gasteiger partial charge in [0.25, 0.3) is 0 Å². The van der Waals surface area contributed by atoms with Gasteiger partial charge in [0, 0.05) is 23.2 Å².